The summed E-state index contributed by atoms with van der Waals surface area (Å²) < 4.78 is 1.46. The minimum absolute atomic E-state index is 0.000759. The second-order valence-electron chi connectivity index (χ2n) is 5.43. The average Bonchev–Trinajstić information content (AvgIpc) is 3.10. The minimum atomic E-state index is -0.711. The lowest BCUT2D eigenvalue weighted by Crippen LogP contribution is -2.41. The molecule has 0 bridgehead atoms. The zero-order valence-corrected chi connectivity index (χ0v) is 11.7. The Bertz CT molecular complexity index is 510. The van der Waals surface area contributed by atoms with Gasteiger partial charge in [-0.25, -0.2) is 0 Å². The number of aliphatic hydroxyl groups excluding tert-OH is 2. The number of aryl methyl sites for hydroxylation is 1. The van der Waals surface area contributed by atoms with E-state index in [1.165, 1.54) is 4.68 Å². The highest BCUT2D eigenvalue weighted by molar-refractivity contribution is 5.39. The van der Waals surface area contributed by atoms with E-state index in [0.29, 0.717) is 17.9 Å². The van der Waals surface area contributed by atoms with Gasteiger partial charge in [0.1, 0.15) is 11.4 Å². The van der Waals surface area contributed by atoms with Crippen LogP contribution in [-0.4, -0.2) is 49.7 Å². The number of aliphatic hydroxyl groups is 2. The summed E-state index contributed by atoms with van der Waals surface area (Å²) in [6, 6.07) is 0. The maximum absolute atomic E-state index is 10.9. The van der Waals surface area contributed by atoms with Crippen molar-refractivity contribution >= 4 is 5.69 Å². The number of β-amino-alcohol motifs (C(OH)–C–C–N with tert-alkyl or cyclic N) is 1. The van der Waals surface area contributed by atoms with Gasteiger partial charge in [0.05, 0.1) is 24.2 Å². The Balaban J connectivity index is 1.96. The number of nitrogens with zero attached hydrogens (tertiary/aromatic N) is 3. The molecule has 8 heteroatoms. The molecule has 0 aromatic carbocycles. The molecule has 1 fully saturated rings. The topological polar surface area (TPSA) is 113 Å². The Morgan fingerprint density at radius 3 is 2.65 bits per heavy atom. The van der Waals surface area contributed by atoms with E-state index in [1.54, 1.807) is 13.8 Å². The Morgan fingerprint density at radius 1 is 1.55 bits per heavy atom. The Hall–Kier alpha value is -1.51. The van der Waals surface area contributed by atoms with Crippen molar-refractivity contribution < 1.29 is 15.1 Å². The molecule has 1 atom stereocenters. The number of hydrogen-bond acceptors (Lipinski definition) is 6. The van der Waals surface area contributed by atoms with Crippen LogP contribution in [0, 0.1) is 24.0 Å². The molecule has 0 radical (unpaired) electrons. The molecule has 20 heavy (non-hydrogen) atoms. The van der Waals surface area contributed by atoms with Gasteiger partial charge in [0.25, 0.3) is 0 Å². The molecule has 112 valence electrons. The molecule has 1 aromatic heterocycles. The normalized spacial score (nSPS) is 18.0. The first-order chi connectivity index (χ1) is 9.38. The summed E-state index contributed by atoms with van der Waals surface area (Å²) in [6.07, 6.45) is 1.10. The first-order valence-electron chi connectivity index (χ1n) is 6.61. The summed E-state index contributed by atoms with van der Waals surface area (Å²) in [6.45, 7) is 3.78. The van der Waals surface area contributed by atoms with E-state index in [2.05, 4.69) is 10.4 Å². The molecule has 2 rings (SSSR count). The average molecular weight is 284 g/mol. The number of aromatic nitrogens is 2. The fourth-order valence-electron chi connectivity index (χ4n) is 2.27. The van der Waals surface area contributed by atoms with E-state index in [4.69, 9.17) is 5.11 Å². The molecule has 1 saturated carbocycles. The lowest BCUT2D eigenvalue weighted by molar-refractivity contribution is -0.386. The van der Waals surface area contributed by atoms with Crippen LogP contribution in [0.15, 0.2) is 0 Å². The molecule has 0 amide bonds. The Labute approximate surface area is 116 Å². The van der Waals surface area contributed by atoms with Crippen molar-refractivity contribution in [2.45, 2.75) is 44.9 Å². The van der Waals surface area contributed by atoms with Crippen molar-refractivity contribution in [2.24, 2.45) is 0 Å². The predicted molar refractivity (Wildman–Crippen MR) is 71.4 cm³/mol. The van der Waals surface area contributed by atoms with Crippen molar-refractivity contribution in [2.75, 3.05) is 13.2 Å². The molecule has 0 saturated heterocycles. The molecule has 1 unspecified atom stereocenters. The second kappa shape index (κ2) is 5.47. The first-order valence-corrected chi connectivity index (χ1v) is 6.61. The van der Waals surface area contributed by atoms with Crippen molar-refractivity contribution in [3.05, 3.63) is 21.5 Å². The van der Waals surface area contributed by atoms with Crippen LogP contribution in [0.3, 0.4) is 0 Å². The SMILES string of the molecule is Cc1nn(CC(O)CNC2(CO)CC2)c(C)c1[N+](=O)[O-]. The van der Waals surface area contributed by atoms with E-state index in [-0.39, 0.29) is 24.4 Å². The van der Waals surface area contributed by atoms with Crippen molar-refractivity contribution in [1.82, 2.24) is 15.1 Å². The number of hydrogen-bond donors (Lipinski definition) is 3. The van der Waals surface area contributed by atoms with Crippen molar-refractivity contribution in [1.29, 1.82) is 0 Å². The van der Waals surface area contributed by atoms with Gasteiger partial charge in [-0.05, 0) is 26.7 Å². The third-order valence-electron chi connectivity index (χ3n) is 3.78. The molecule has 1 aromatic rings. The van der Waals surface area contributed by atoms with Gasteiger partial charge in [-0.15, -0.1) is 0 Å². The standard InChI is InChI=1S/C12H20N4O4/c1-8-11(16(19)20)9(2)15(14-8)6-10(18)5-13-12(7-17)3-4-12/h10,13,17-18H,3-7H2,1-2H3. The monoisotopic (exact) mass is 284 g/mol. The summed E-state index contributed by atoms with van der Waals surface area (Å²) in [7, 11) is 0. The van der Waals surface area contributed by atoms with E-state index in [9.17, 15) is 15.2 Å². The first kappa shape index (κ1) is 14.9. The summed E-state index contributed by atoms with van der Waals surface area (Å²) in [4.78, 5) is 10.4. The molecule has 3 N–H and O–H groups in total. The van der Waals surface area contributed by atoms with Crippen LogP contribution >= 0.6 is 0 Å². The van der Waals surface area contributed by atoms with Crippen LogP contribution in [0.2, 0.25) is 0 Å². The van der Waals surface area contributed by atoms with Crippen molar-refractivity contribution in [3.63, 3.8) is 0 Å². The molecule has 1 heterocycles. The van der Waals surface area contributed by atoms with Crippen LogP contribution in [-0.2, 0) is 6.54 Å². The van der Waals surface area contributed by atoms with Gasteiger partial charge >= 0.3 is 5.69 Å². The lowest BCUT2D eigenvalue weighted by atomic mass is 10.2. The van der Waals surface area contributed by atoms with Crippen LogP contribution in [0.25, 0.3) is 0 Å². The largest absolute Gasteiger partial charge is 0.394 e. The minimum Gasteiger partial charge on any atom is -0.394 e. The Kier molecular flexibility index (Phi) is 4.07. The fraction of sp³-hybridized carbons (Fsp3) is 0.750. The highest BCUT2D eigenvalue weighted by Gasteiger charge is 2.41. The van der Waals surface area contributed by atoms with Gasteiger partial charge in [0, 0.05) is 12.1 Å². The third-order valence-corrected chi connectivity index (χ3v) is 3.78. The van der Waals surface area contributed by atoms with E-state index in [0.717, 1.165) is 12.8 Å². The van der Waals surface area contributed by atoms with Crippen LogP contribution in [0.1, 0.15) is 24.2 Å². The highest BCUT2D eigenvalue weighted by atomic mass is 16.6. The van der Waals surface area contributed by atoms with Crippen LogP contribution in [0.4, 0.5) is 5.69 Å². The molecule has 1 aliphatic carbocycles. The zero-order chi connectivity index (χ0) is 14.9. The van der Waals surface area contributed by atoms with Gasteiger partial charge in [0.2, 0.25) is 0 Å². The van der Waals surface area contributed by atoms with Gasteiger partial charge in [-0.2, -0.15) is 5.10 Å². The maximum Gasteiger partial charge on any atom is 0.312 e. The Morgan fingerprint density at radius 2 is 2.20 bits per heavy atom. The molecular weight excluding hydrogens is 264 g/mol. The van der Waals surface area contributed by atoms with Gasteiger partial charge in [-0.3, -0.25) is 14.8 Å². The summed E-state index contributed by atoms with van der Waals surface area (Å²) >= 11 is 0. The molecular formula is C12H20N4O4. The fourth-order valence-corrected chi connectivity index (χ4v) is 2.27. The van der Waals surface area contributed by atoms with Crippen molar-refractivity contribution in [3.8, 4) is 0 Å². The second-order valence-corrected chi connectivity index (χ2v) is 5.43. The third kappa shape index (κ3) is 2.97. The van der Waals surface area contributed by atoms with E-state index in [1.807, 2.05) is 0 Å². The number of nitrogens with one attached hydrogen (secondary N) is 1. The van der Waals surface area contributed by atoms with Gasteiger partial charge in [0.15, 0.2) is 0 Å². The number of nitro groups is 1. The van der Waals surface area contributed by atoms with Crippen LogP contribution in [0.5, 0.6) is 0 Å². The zero-order valence-electron chi connectivity index (χ0n) is 11.7. The predicted octanol–water partition coefficient (Wildman–Crippen LogP) is -0.116. The van der Waals surface area contributed by atoms with E-state index < -0.39 is 11.0 Å². The van der Waals surface area contributed by atoms with Gasteiger partial charge in [-0.1, -0.05) is 0 Å². The smallest absolute Gasteiger partial charge is 0.312 e. The quantitative estimate of drug-likeness (QED) is 0.475. The molecule has 8 nitrogen and oxygen atoms in total. The van der Waals surface area contributed by atoms with E-state index >= 15 is 0 Å². The van der Waals surface area contributed by atoms with Gasteiger partial charge < -0.3 is 15.5 Å². The lowest BCUT2D eigenvalue weighted by Gasteiger charge is -2.18. The maximum atomic E-state index is 10.9. The molecule has 0 aliphatic heterocycles. The summed E-state index contributed by atoms with van der Waals surface area (Å²) in [5.74, 6) is 0. The summed E-state index contributed by atoms with van der Waals surface area (Å²) in [5.41, 5.74) is 0.554. The van der Waals surface area contributed by atoms with Crippen LogP contribution < -0.4 is 5.32 Å². The molecule has 0 spiro atoms. The highest BCUT2D eigenvalue weighted by Crippen LogP contribution is 2.34. The summed E-state index contributed by atoms with van der Waals surface area (Å²) in [5, 5.41) is 37.3. The number of rotatable bonds is 7. The molecule has 1 aliphatic rings.